The Morgan fingerprint density at radius 2 is 2.16 bits per heavy atom. The molecule has 19 heavy (non-hydrogen) atoms. The molecule has 0 atom stereocenters. The second-order valence-electron chi connectivity index (χ2n) is 4.36. The second kappa shape index (κ2) is 5.27. The maximum Gasteiger partial charge on any atom is 0.355 e. The third-order valence-corrected chi connectivity index (χ3v) is 3.42. The molecule has 5 nitrogen and oxygen atoms in total. The molecule has 2 aromatic rings. The van der Waals surface area contributed by atoms with E-state index in [0.29, 0.717) is 5.13 Å². The summed E-state index contributed by atoms with van der Waals surface area (Å²) >= 11 is 1.27. The van der Waals surface area contributed by atoms with Crippen LogP contribution in [0.25, 0.3) is 0 Å². The quantitative estimate of drug-likeness (QED) is 0.899. The molecule has 0 spiro atoms. The third kappa shape index (κ3) is 3.03. The van der Waals surface area contributed by atoms with Crippen LogP contribution in [0.2, 0.25) is 0 Å². The van der Waals surface area contributed by atoms with Crippen molar-refractivity contribution in [3.05, 3.63) is 34.8 Å². The van der Waals surface area contributed by atoms with Gasteiger partial charge >= 0.3 is 5.97 Å². The molecular formula is C13H15N3O2S. The maximum atomic E-state index is 10.8. The Labute approximate surface area is 115 Å². The topological polar surface area (TPSA) is 65.5 Å². The van der Waals surface area contributed by atoms with E-state index in [-0.39, 0.29) is 5.69 Å². The first-order valence-electron chi connectivity index (χ1n) is 5.71. The Morgan fingerprint density at radius 3 is 2.74 bits per heavy atom. The number of nitrogens with one attached hydrogen (secondary N) is 1. The molecule has 2 N–H and O–H groups in total. The van der Waals surface area contributed by atoms with Gasteiger partial charge in [-0.3, -0.25) is 0 Å². The Bertz CT molecular complexity index is 608. The van der Waals surface area contributed by atoms with E-state index in [1.807, 2.05) is 44.1 Å². The minimum Gasteiger partial charge on any atom is -0.476 e. The number of hydrogen-bond acceptors (Lipinski definition) is 5. The lowest BCUT2D eigenvalue weighted by Gasteiger charge is -2.17. The zero-order valence-corrected chi connectivity index (χ0v) is 11.8. The first kappa shape index (κ1) is 13.4. The van der Waals surface area contributed by atoms with Crippen molar-refractivity contribution in [1.29, 1.82) is 0 Å². The van der Waals surface area contributed by atoms with Gasteiger partial charge in [-0.2, -0.15) is 0 Å². The third-order valence-electron chi connectivity index (χ3n) is 2.67. The number of aryl methyl sites for hydroxylation is 1. The molecular weight excluding hydrogens is 262 g/mol. The molecule has 0 aliphatic heterocycles. The minimum atomic E-state index is -1.01. The molecule has 0 aliphatic carbocycles. The molecule has 0 unspecified atom stereocenters. The number of hydrogen-bond donors (Lipinski definition) is 2. The SMILES string of the molecule is Cc1ccc(Nc2nc(C(=O)O)cs2)cc1N(C)C. The number of carboxylic acid groups (broad SMARTS) is 1. The van der Waals surface area contributed by atoms with Crippen LogP contribution in [-0.2, 0) is 0 Å². The maximum absolute atomic E-state index is 10.8. The molecule has 1 heterocycles. The van der Waals surface area contributed by atoms with Crippen molar-refractivity contribution in [3.8, 4) is 0 Å². The largest absolute Gasteiger partial charge is 0.476 e. The number of benzene rings is 1. The van der Waals surface area contributed by atoms with Crippen LogP contribution in [0.15, 0.2) is 23.6 Å². The molecule has 0 aliphatic rings. The summed E-state index contributed by atoms with van der Waals surface area (Å²) in [6.07, 6.45) is 0. The fourth-order valence-corrected chi connectivity index (χ4v) is 2.43. The zero-order chi connectivity index (χ0) is 14.0. The number of aromatic carboxylic acids is 1. The van der Waals surface area contributed by atoms with Gasteiger partial charge in [-0.15, -0.1) is 11.3 Å². The van der Waals surface area contributed by atoms with Gasteiger partial charge in [0.1, 0.15) is 0 Å². The monoisotopic (exact) mass is 277 g/mol. The number of thiazole rings is 1. The van der Waals surface area contributed by atoms with Crippen molar-refractivity contribution < 1.29 is 9.90 Å². The summed E-state index contributed by atoms with van der Waals surface area (Å²) in [4.78, 5) is 16.8. The van der Waals surface area contributed by atoms with Crippen molar-refractivity contribution in [2.45, 2.75) is 6.92 Å². The van der Waals surface area contributed by atoms with Gasteiger partial charge < -0.3 is 15.3 Å². The summed E-state index contributed by atoms with van der Waals surface area (Å²) < 4.78 is 0. The minimum absolute atomic E-state index is 0.0624. The first-order chi connectivity index (χ1) is 8.97. The lowest BCUT2D eigenvalue weighted by molar-refractivity contribution is 0.0691. The number of nitrogens with zero attached hydrogens (tertiary/aromatic N) is 2. The van der Waals surface area contributed by atoms with Gasteiger partial charge in [0.25, 0.3) is 0 Å². The fraction of sp³-hybridized carbons (Fsp3) is 0.231. The van der Waals surface area contributed by atoms with Crippen molar-refractivity contribution >= 4 is 33.8 Å². The van der Waals surface area contributed by atoms with Gasteiger partial charge in [-0.05, 0) is 24.6 Å². The lowest BCUT2D eigenvalue weighted by Crippen LogP contribution is -2.10. The van der Waals surface area contributed by atoms with Gasteiger partial charge in [0, 0.05) is 30.9 Å². The summed E-state index contributed by atoms with van der Waals surface area (Å²) in [6, 6.07) is 5.98. The number of rotatable bonds is 4. The van der Waals surface area contributed by atoms with Crippen molar-refractivity contribution in [1.82, 2.24) is 4.98 Å². The predicted molar refractivity (Wildman–Crippen MR) is 77.9 cm³/mol. The average Bonchev–Trinajstić information content (AvgIpc) is 2.80. The molecule has 2 rings (SSSR count). The highest BCUT2D eigenvalue weighted by atomic mass is 32.1. The van der Waals surface area contributed by atoms with E-state index in [1.165, 1.54) is 22.3 Å². The molecule has 6 heteroatoms. The van der Waals surface area contributed by atoms with E-state index < -0.39 is 5.97 Å². The van der Waals surface area contributed by atoms with Gasteiger partial charge in [0.05, 0.1) is 0 Å². The highest BCUT2D eigenvalue weighted by Gasteiger charge is 2.09. The second-order valence-corrected chi connectivity index (χ2v) is 5.22. The molecule has 0 radical (unpaired) electrons. The van der Waals surface area contributed by atoms with E-state index >= 15 is 0 Å². The average molecular weight is 277 g/mol. The lowest BCUT2D eigenvalue weighted by atomic mass is 10.1. The summed E-state index contributed by atoms with van der Waals surface area (Å²) in [6.45, 7) is 2.05. The van der Waals surface area contributed by atoms with Crippen LogP contribution in [0.5, 0.6) is 0 Å². The Hall–Kier alpha value is -2.08. The van der Waals surface area contributed by atoms with Crippen molar-refractivity contribution in [2.24, 2.45) is 0 Å². The van der Waals surface area contributed by atoms with Crippen LogP contribution in [-0.4, -0.2) is 30.2 Å². The number of aromatic nitrogens is 1. The molecule has 0 amide bonds. The molecule has 0 fully saturated rings. The van der Waals surface area contributed by atoms with Gasteiger partial charge in [-0.1, -0.05) is 6.07 Å². The predicted octanol–water partition coefficient (Wildman–Crippen LogP) is 2.96. The number of carboxylic acids is 1. The zero-order valence-electron chi connectivity index (χ0n) is 11.0. The normalized spacial score (nSPS) is 10.3. The van der Waals surface area contributed by atoms with Crippen LogP contribution in [0, 0.1) is 6.92 Å². The first-order valence-corrected chi connectivity index (χ1v) is 6.59. The summed E-state index contributed by atoms with van der Waals surface area (Å²) in [5, 5.41) is 14.0. The van der Waals surface area contributed by atoms with Gasteiger partial charge in [0.15, 0.2) is 10.8 Å². The van der Waals surface area contributed by atoms with E-state index in [9.17, 15) is 4.79 Å². The number of anilines is 3. The number of carbonyl (C=O) groups is 1. The van der Waals surface area contributed by atoms with Crippen LogP contribution < -0.4 is 10.2 Å². The Morgan fingerprint density at radius 1 is 1.42 bits per heavy atom. The van der Waals surface area contributed by atoms with Gasteiger partial charge in [-0.25, -0.2) is 9.78 Å². The summed E-state index contributed by atoms with van der Waals surface area (Å²) in [5.74, 6) is -1.01. The summed E-state index contributed by atoms with van der Waals surface area (Å²) in [5.41, 5.74) is 3.24. The van der Waals surface area contributed by atoms with Crippen LogP contribution >= 0.6 is 11.3 Å². The van der Waals surface area contributed by atoms with Crippen LogP contribution in [0.3, 0.4) is 0 Å². The van der Waals surface area contributed by atoms with E-state index in [0.717, 1.165) is 11.4 Å². The Kier molecular flexibility index (Phi) is 3.71. The van der Waals surface area contributed by atoms with E-state index in [2.05, 4.69) is 10.3 Å². The highest BCUT2D eigenvalue weighted by molar-refractivity contribution is 7.14. The molecule has 0 bridgehead atoms. The van der Waals surface area contributed by atoms with Crippen molar-refractivity contribution in [2.75, 3.05) is 24.3 Å². The molecule has 0 saturated heterocycles. The van der Waals surface area contributed by atoms with Crippen molar-refractivity contribution in [3.63, 3.8) is 0 Å². The molecule has 1 aromatic carbocycles. The highest BCUT2D eigenvalue weighted by Crippen LogP contribution is 2.26. The van der Waals surface area contributed by atoms with Crippen LogP contribution in [0.1, 0.15) is 16.1 Å². The smallest absolute Gasteiger partial charge is 0.355 e. The van der Waals surface area contributed by atoms with Crippen LogP contribution in [0.4, 0.5) is 16.5 Å². The standard InChI is InChI=1S/C13H15N3O2S/c1-8-4-5-9(6-11(8)16(2)3)14-13-15-10(7-19-13)12(17)18/h4-7H,1-3H3,(H,14,15)(H,17,18). The van der Waals surface area contributed by atoms with E-state index in [1.54, 1.807) is 0 Å². The Balaban J connectivity index is 2.23. The molecule has 0 saturated carbocycles. The fourth-order valence-electron chi connectivity index (χ4n) is 1.72. The van der Waals surface area contributed by atoms with E-state index in [4.69, 9.17) is 5.11 Å². The molecule has 100 valence electrons. The molecule has 1 aromatic heterocycles. The van der Waals surface area contributed by atoms with Gasteiger partial charge in [0.2, 0.25) is 0 Å². The summed E-state index contributed by atoms with van der Waals surface area (Å²) in [7, 11) is 3.97.